The van der Waals surface area contributed by atoms with Crippen LogP contribution in [0.15, 0.2) is 146 Å². The Morgan fingerprint density at radius 1 is 0.475 bits per heavy atom. The van der Waals surface area contributed by atoms with E-state index in [1.807, 2.05) is 36.4 Å². The molecule has 0 aliphatic carbocycles. The number of anilines is 3. The Bertz CT molecular complexity index is 1900. The molecule has 0 unspecified atom stereocenters. The van der Waals surface area contributed by atoms with Crippen molar-refractivity contribution in [2.75, 3.05) is 4.90 Å². The minimum atomic E-state index is -0.313. The molecule has 0 bridgehead atoms. The molecule has 0 saturated carbocycles. The number of para-hydroxylation sites is 2. The van der Waals surface area contributed by atoms with E-state index in [4.69, 9.17) is 0 Å². The van der Waals surface area contributed by atoms with Crippen LogP contribution < -0.4 is 4.90 Å². The fourth-order valence-corrected chi connectivity index (χ4v) is 5.50. The lowest BCUT2D eigenvalue weighted by Gasteiger charge is -2.28. The number of fused-ring (bicyclic) bond motifs is 3. The van der Waals surface area contributed by atoms with E-state index in [9.17, 15) is 8.78 Å². The molecule has 1 heterocycles. The van der Waals surface area contributed by atoms with Crippen LogP contribution in [-0.4, -0.2) is 4.57 Å². The Labute approximate surface area is 231 Å². The van der Waals surface area contributed by atoms with Crippen molar-refractivity contribution >= 4 is 38.9 Å². The number of halogens is 2. The van der Waals surface area contributed by atoms with E-state index in [0.29, 0.717) is 0 Å². The largest absolute Gasteiger partial charge is 0.310 e. The second-order valence-electron chi connectivity index (χ2n) is 9.73. The second-order valence-corrected chi connectivity index (χ2v) is 9.73. The van der Waals surface area contributed by atoms with Crippen LogP contribution in [0.2, 0.25) is 0 Å². The molecule has 0 N–H and O–H groups in total. The molecule has 0 aliphatic rings. The highest BCUT2D eigenvalue weighted by Gasteiger charge is 2.22. The lowest BCUT2D eigenvalue weighted by atomic mass is 9.99. The van der Waals surface area contributed by atoms with Crippen LogP contribution in [0.5, 0.6) is 0 Å². The van der Waals surface area contributed by atoms with Crippen LogP contribution in [0.1, 0.15) is 0 Å². The van der Waals surface area contributed by atoms with Crippen molar-refractivity contribution in [3.05, 3.63) is 157 Å². The SMILES string of the molecule is Fc1ccc(N(c2ccc(F)cc2)c2cc3c4ccccc4n(-c4ccccc4)c3cc2-c2ccccc2)cc1. The summed E-state index contributed by atoms with van der Waals surface area (Å²) in [5, 5.41) is 2.21. The minimum Gasteiger partial charge on any atom is -0.310 e. The molecule has 40 heavy (non-hydrogen) atoms. The van der Waals surface area contributed by atoms with Crippen molar-refractivity contribution in [3.8, 4) is 16.8 Å². The molecule has 0 aliphatic heterocycles. The molecule has 0 radical (unpaired) electrons. The van der Waals surface area contributed by atoms with E-state index >= 15 is 0 Å². The van der Waals surface area contributed by atoms with Crippen LogP contribution in [0.4, 0.5) is 25.8 Å². The third-order valence-corrected chi connectivity index (χ3v) is 7.30. The molecule has 7 aromatic rings. The summed E-state index contributed by atoms with van der Waals surface area (Å²) in [7, 11) is 0. The summed E-state index contributed by atoms with van der Waals surface area (Å²) in [5.41, 5.74) is 7.76. The molecular weight excluding hydrogens is 498 g/mol. The standard InChI is InChI=1S/C36H24F2N2/c37-26-15-19-29(20-16-26)39(30-21-17-27(38)18-22-30)35-24-33-31-13-7-8-14-34(31)40(28-11-5-2-6-12-28)36(33)23-32(35)25-9-3-1-4-10-25/h1-24H. The summed E-state index contributed by atoms with van der Waals surface area (Å²) in [6, 6.07) is 46.2. The summed E-state index contributed by atoms with van der Waals surface area (Å²) in [4.78, 5) is 2.06. The van der Waals surface area contributed by atoms with Crippen LogP contribution in [0, 0.1) is 11.6 Å². The first-order valence-electron chi connectivity index (χ1n) is 13.2. The zero-order valence-electron chi connectivity index (χ0n) is 21.5. The number of rotatable bonds is 5. The highest BCUT2D eigenvalue weighted by Crippen LogP contribution is 2.45. The quantitative estimate of drug-likeness (QED) is 0.218. The normalized spacial score (nSPS) is 11.2. The maximum atomic E-state index is 14.0. The van der Waals surface area contributed by atoms with Gasteiger partial charge in [0, 0.05) is 33.4 Å². The van der Waals surface area contributed by atoms with Crippen molar-refractivity contribution in [2.45, 2.75) is 0 Å². The highest BCUT2D eigenvalue weighted by atomic mass is 19.1. The second kappa shape index (κ2) is 9.83. The lowest BCUT2D eigenvalue weighted by Crippen LogP contribution is -2.11. The number of benzene rings is 6. The topological polar surface area (TPSA) is 8.17 Å². The Balaban J connectivity index is 1.60. The molecule has 6 aromatic carbocycles. The van der Waals surface area contributed by atoms with Gasteiger partial charge in [-0.05, 0) is 84.4 Å². The Morgan fingerprint density at radius 2 is 1.02 bits per heavy atom. The smallest absolute Gasteiger partial charge is 0.123 e. The summed E-state index contributed by atoms with van der Waals surface area (Å²) >= 11 is 0. The van der Waals surface area contributed by atoms with E-state index in [-0.39, 0.29) is 11.6 Å². The van der Waals surface area contributed by atoms with Crippen molar-refractivity contribution in [2.24, 2.45) is 0 Å². The van der Waals surface area contributed by atoms with E-state index < -0.39 is 0 Å². The van der Waals surface area contributed by atoms with Crippen LogP contribution in [-0.2, 0) is 0 Å². The summed E-state index contributed by atoms with van der Waals surface area (Å²) in [6.07, 6.45) is 0. The lowest BCUT2D eigenvalue weighted by molar-refractivity contribution is 0.628. The monoisotopic (exact) mass is 522 g/mol. The first kappa shape index (κ1) is 23.9. The first-order valence-corrected chi connectivity index (χ1v) is 13.2. The highest BCUT2D eigenvalue weighted by molar-refractivity contribution is 6.13. The van der Waals surface area contributed by atoms with Crippen LogP contribution in [0.3, 0.4) is 0 Å². The Kier molecular flexibility index (Phi) is 5.86. The molecule has 4 heteroatoms. The number of hydrogen-bond donors (Lipinski definition) is 0. The molecule has 192 valence electrons. The van der Waals surface area contributed by atoms with Gasteiger partial charge in [0.2, 0.25) is 0 Å². The van der Waals surface area contributed by atoms with Gasteiger partial charge in [0.1, 0.15) is 11.6 Å². The molecule has 2 nitrogen and oxygen atoms in total. The summed E-state index contributed by atoms with van der Waals surface area (Å²) < 4.78 is 30.3. The number of aromatic nitrogens is 1. The summed E-state index contributed by atoms with van der Waals surface area (Å²) in [5.74, 6) is -0.625. The van der Waals surface area contributed by atoms with Crippen molar-refractivity contribution in [1.82, 2.24) is 4.57 Å². The molecular formula is C36H24F2N2. The van der Waals surface area contributed by atoms with Gasteiger partial charge >= 0.3 is 0 Å². The zero-order chi connectivity index (χ0) is 27.1. The van der Waals surface area contributed by atoms with E-state index in [1.54, 1.807) is 24.3 Å². The van der Waals surface area contributed by atoms with Gasteiger partial charge in [-0.15, -0.1) is 0 Å². The number of hydrogen-bond acceptors (Lipinski definition) is 1. The van der Waals surface area contributed by atoms with Gasteiger partial charge in [-0.1, -0.05) is 66.7 Å². The zero-order valence-corrected chi connectivity index (χ0v) is 21.5. The fourth-order valence-electron chi connectivity index (χ4n) is 5.50. The molecule has 0 saturated heterocycles. The average Bonchev–Trinajstić information content (AvgIpc) is 3.33. The van der Waals surface area contributed by atoms with Crippen LogP contribution >= 0.6 is 0 Å². The predicted octanol–water partition coefficient (Wildman–Crippen LogP) is 10.2. The van der Waals surface area contributed by atoms with Gasteiger partial charge in [0.25, 0.3) is 0 Å². The van der Waals surface area contributed by atoms with Crippen LogP contribution in [0.25, 0.3) is 38.6 Å². The Hall–Kier alpha value is -5.22. The third-order valence-electron chi connectivity index (χ3n) is 7.30. The molecule has 0 spiro atoms. The molecule has 0 amide bonds. The minimum absolute atomic E-state index is 0.313. The van der Waals surface area contributed by atoms with Crippen molar-refractivity contribution in [3.63, 3.8) is 0 Å². The van der Waals surface area contributed by atoms with Gasteiger partial charge < -0.3 is 9.47 Å². The Morgan fingerprint density at radius 3 is 1.65 bits per heavy atom. The van der Waals surface area contributed by atoms with E-state index in [2.05, 4.69) is 70.1 Å². The maximum Gasteiger partial charge on any atom is 0.123 e. The molecule has 7 rings (SSSR count). The van der Waals surface area contributed by atoms with E-state index in [1.165, 1.54) is 24.3 Å². The molecule has 1 aromatic heterocycles. The fraction of sp³-hybridized carbons (Fsp3) is 0. The average molecular weight is 523 g/mol. The molecule has 0 fully saturated rings. The van der Waals surface area contributed by atoms with Gasteiger partial charge in [-0.25, -0.2) is 8.78 Å². The van der Waals surface area contributed by atoms with Gasteiger partial charge in [0.15, 0.2) is 0 Å². The van der Waals surface area contributed by atoms with Gasteiger partial charge in [-0.3, -0.25) is 0 Å². The van der Waals surface area contributed by atoms with Gasteiger partial charge in [0.05, 0.1) is 16.7 Å². The van der Waals surface area contributed by atoms with Gasteiger partial charge in [-0.2, -0.15) is 0 Å². The van der Waals surface area contributed by atoms with Crippen molar-refractivity contribution < 1.29 is 8.78 Å². The third kappa shape index (κ3) is 4.11. The summed E-state index contributed by atoms with van der Waals surface area (Å²) in [6.45, 7) is 0. The predicted molar refractivity (Wildman–Crippen MR) is 161 cm³/mol. The van der Waals surface area contributed by atoms with Crippen molar-refractivity contribution in [1.29, 1.82) is 0 Å². The maximum absolute atomic E-state index is 14.0. The number of nitrogens with zero attached hydrogens (tertiary/aromatic N) is 2. The van der Waals surface area contributed by atoms with E-state index in [0.717, 1.165) is 55.7 Å². The first-order chi connectivity index (χ1) is 19.7. The molecule has 0 atom stereocenters.